The number of carbonyl (C=O) groups excluding carboxylic acids is 2. The largest absolute Gasteiger partial charge is 0.434 e. The monoisotopic (exact) mass is 193 g/mol. The third-order valence-electron chi connectivity index (χ3n) is 0.867. The maximum absolute atomic E-state index is 10.3. The number of nitrogens with one attached hydrogen (secondary N) is 1. The molecule has 5 heteroatoms. The number of halogens is 1. The highest BCUT2D eigenvalue weighted by atomic mass is 79.9. The van der Waals surface area contributed by atoms with Crippen molar-refractivity contribution in [2.45, 2.75) is 6.23 Å². The number of carbonyl (C=O) groups is 2. The van der Waals surface area contributed by atoms with Crippen LogP contribution in [0.1, 0.15) is 0 Å². The molecule has 50 valence electrons. The van der Waals surface area contributed by atoms with Crippen molar-refractivity contribution in [1.29, 1.82) is 0 Å². The fourth-order valence-electron chi connectivity index (χ4n) is 0.487. The van der Waals surface area contributed by atoms with Gasteiger partial charge in [0.1, 0.15) is 0 Å². The van der Waals surface area contributed by atoms with Gasteiger partial charge in [-0.2, -0.15) is 0 Å². The van der Waals surface area contributed by atoms with E-state index in [0.29, 0.717) is 5.33 Å². The average molecular weight is 194 g/mol. The molecule has 1 unspecified atom stereocenters. The predicted octanol–water partition coefficient (Wildman–Crippen LogP) is -0.620. The van der Waals surface area contributed by atoms with Gasteiger partial charge in [0.05, 0.1) is 5.33 Å². The van der Waals surface area contributed by atoms with Gasteiger partial charge in [0.2, 0.25) is 0 Å². The smallest absolute Gasteiger partial charge is 0.398 e. The highest BCUT2D eigenvalue weighted by Crippen LogP contribution is 2.00. The molecule has 1 N–H and O–H groups in total. The summed E-state index contributed by atoms with van der Waals surface area (Å²) in [6.45, 7) is 0. The molecule has 0 aliphatic carbocycles. The second-order valence-electron chi connectivity index (χ2n) is 1.52. The molecular formula is C4H4BrNO3. The van der Waals surface area contributed by atoms with Crippen LogP contribution in [0.15, 0.2) is 0 Å². The van der Waals surface area contributed by atoms with E-state index in [1.165, 1.54) is 0 Å². The van der Waals surface area contributed by atoms with Crippen LogP contribution in [0, 0.1) is 0 Å². The van der Waals surface area contributed by atoms with Crippen molar-refractivity contribution in [3.63, 3.8) is 0 Å². The van der Waals surface area contributed by atoms with Crippen LogP contribution in [0.25, 0.3) is 0 Å². The van der Waals surface area contributed by atoms with E-state index in [9.17, 15) is 9.59 Å². The molecule has 1 aliphatic heterocycles. The van der Waals surface area contributed by atoms with Gasteiger partial charge in [-0.3, -0.25) is 4.79 Å². The highest BCUT2D eigenvalue weighted by molar-refractivity contribution is 9.09. The third kappa shape index (κ3) is 1.21. The van der Waals surface area contributed by atoms with Gasteiger partial charge in [-0.25, -0.2) is 4.79 Å². The fourth-order valence-corrected chi connectivity index (χ4v) is 0.781. The van der Waals surface area contributed by atoms with E-state index in [4.69, 9.17) is 0 Å². The molecule has 1 fully saturated rings. The Morgan fingerprint density at radius 2 is 2.33 bits per heavy atom. The molecule has 1 heterocycles. The first-order chi connectivity index (χ1) is 4.24. The van der Waals surface area contributed by atoms with Crippen molar-refractivity contribution in [3.05, 3.63) is 0 Å². The molecule has 1 aliphatic rings. The predicted molar refractivity (Wildman–Crippen MR) is 31.8 cm³/mol. The van der Waals surface area contributed by atoms with E-state index in [-0.39, 0.29) is 0 Å². The van der Waals surface area contributed by atoms with Crippen molar-refractivity contribution in [3.8, 4) is 0 Å². The Kier molecular flexibility index (Phi) is 1.70. The summed E-state index contributed by atoms with van der Waals surface area (Å²) in [5, 5.41) is 2.73. The van der Waals surface area contributed by atoms with Gasteiger partial charge in [0, 0.05) is 0 Å². The van der Waals surface area contributed by atoms with Gasteiger partial charge in [-0.1, -0.05) is 15.9 Å². The Balaban J connectivity index is 2.54. The van der Waals surface area contributed by atoms with Crippen molar-refractivity contribution < 1.29 is 14.3 Å². The van der Waals surface area contributed by atoms with E-state index >= 15 is 0 Å². The lowest BCUT2D eigenvalue weighted by molar-refractivity contribution is -0.148. The number of hydrogen-bond acceptors (Lipinski definition) is 3. The Hall–Kier alpha value is -0.580. The Labute approximate surface area is 59.7 Å². The first-order valence-electron chi connectivity index (χ1n) is 2.31. The minimum absolute atomic E-state index is 0.435. The van der Waals surface area contributed by atoms with Gasteiger partial charge in [-0.15, -0.1) is 0 Å². The molecule has 1 saturated heterocycles. The molecule has 1 rings (SSSR count). The van der Waals surface area contributed by atoms with E-state index in [0.717, 1.165) is 0 Å². The van der Waals surface area contributed by atoms with Gasteiger partial charge in [-0.05, 0) is 0 Å². The molecule has 1 atom stereocenters. The molecule has 0 aromatic rings. The first kappa shape index (κ1) is 6.54. The molecule has 0 bridgehead atoms. The third-order valence-corrected chi connectivity index (χ3v) is 1.45. The molecule has 0 aromatic carbocycles. The van der Waals surface area contributed by atoms with Gasteiger partial charge < -0.3 is 10.1 Å². The number of amides is 1. The van der Waals surface area contributed by atoms with Crippen LogP contribution in [0.5, 0.6) is 0 Å². The maximum Gasteiger partial charge on any atom is 0.398 e. The zero-order valence-corrected chi connectivity index (χ0v) is 5.97. The summed E-state index contributed by atoms with van der Waals surface area (Å²) < 4.78 is 4.48. The van der Waals surface area contributed by atoms with Crippen molar-refractivity contribution in [1.82, 2.24) is 5.32 Å². The fraction of sp³-hybridized carbons (Fsp3) is 0.500. The number of alkyl halides is 1. The van der Waals surface area contributed by atoms with Crippen LogP contribution in [-0.4, -0.2) is 23.4 Å². The summed E-state index contributed by atoms with van der Waals surface area (Å²) in [4.78, 5) is 20.6. The lowest BCUT2D eigenvalue weighted by atomic mass is 10.6. The Bertz CT molecular complexity index is 142. The molecule has 1 amide bonds. The molecule has 9 heavy (non-hydrogen) atoms. The topological polar surface area (TPSA) is 55.4 Å². The number of hydrogen-bond donors (Lipinski definition) is 1. The average Bonchev–Trinajstić information content (AvgIpc) is 2.13. The van der Waals surface area contributed by atoms with Crippen LogP contribution in [0.4, 0.5) is 0 Å². The minimum Gasteiger partial charge on any atom is -0.434 e. The van der Waals surface area contributed by atoms with Crippen LogP contribution in [0.3, 0.4) is 0 Å². The van der Waals surface area contributed by atoms with E-state index in [2.05, 4.69) is 26.0 Å². The van der Waals surface area contributed by atoms with Gasteiger partial charge in [0.25, 0.3) is 0 Å². The molecule has 4 nitrogen and oxygen atoms in total. The number of ether oxygens (including phenoxy) is 1. The summed E-state index contributed by atoms with van der Waals surface area (Å²) in [5.74, 6) is -1.47. The van der Waals surface area contributed by atoms with E-state index in [1.807, 2.05) is 0 Å². The normalized spacial score (nSPS) is 25.7. The molecule has 0 aromatic heterocycles. The van der Waals surface area contributed by atoms with E-state index < -0.39 is 18.1 Å². The number of rotatable bonds is 1. The summed E-state index contributed by atoms with van der Waals surface area (Å²) in [7, 11) is 0. The zero-order chi connectivity index (χ0) is 6.85. The van der Waals surface area contributed by atoms with Gasteiger partial charge in [0.15, 0.2) is 6.23 Å². The lowest BCUT2D eigenvalue weighted by Gasteiger charge is -2.00. The van der Waals surface area contributed by atoms with E-state index in [1.54, 1.807) is 0 Å². The lowest BCUT2D eigenvalue weighted by Crippen LogP contribution is -2.27. The summed E-state index contributed by atoms with van der Waals surface area (Å²) in [5.41, 5.74) is 0. The Morgan fingerprint density at radius 3 is 2.56 bits per heavy atom. The van der Waals surface area contributed by atoms with Crippen LogP contribution < -0.4 is 5.32 Å². The minimum atomic E-state index is -0.806. The quantitative estimate of drug-likeness (QED) is 0.344. The summed E-state index contributed by atoms with van der Waals surface area (Å²) >= 11 is 3.04. The second kappa shape index (κ2) is 2.34. The van der Waals surface area contributed by atoms with Crippen molar-refractivity contribution in [2.75, 3.05) is 5.33 Å². The SMILES string of the molecule is O=C1NC(CBr)OC1=O. The van der Waals surface area contributed by atoms with Crippen LogP contribution >= 0.6 is 15.9 Å². The maximum atomic E-state index is 10.3. The Morgan fingerprint density at radius 1 is 1.67 bits per heavy atom. The number of cyclic esters (lactones) is 1. The molecule has 0 radical (unpaired) electrons. The number of esters is 1. The zero-order valence-electron chi connectivity index (χ0n) is 4.39. The van der Waals surface area contributed by atoms with Crippen LogP contribution in [-0.2, 0) is 14.3 Å². The van der Waals surface area contributed by atoms with Crippen LogP contribution in [0.2, 0.25) is 0 Å². The molecule has 0 saturated carbocycles. The highest BCUT2D eigenvalue weighted by Gasteiger charge is 2.29. The summed E-state index contributed by atoms with van der Waals surface area (Å²) in [6, 6.07) is 0. The summed E-state index contributed by atoms with van der Waals surface area (Å²) in [6.07, 6.45) is -0.481. The molecule has 0 spiro atoms. The molecular weight excluding hydrogens is 190 g/mol. The second-order valence-corrected chi connectivity index (χ2v) is 2.17. The van der Waals surface area contributed by atoms with Crippen molar-refractivity contribution >= 4 is 27.8 Å². The first-order valence-corrected chi connectivity index (χ1v) is 3.43. The van der Waals surface area contributed by atoms with Crippen molar-refractivity contribution in [2.24, 2.45) is 0 Å². The standard InChI is InChI=1S/C4H4BrNO3/c5-1-2-6-3(7)4(8)9-2/h2H,1H2,(H,6,7). The van der Waals surface area contributed by atoms with Gasteiger partial charge >= 0.3 is 11.9 Å².